The molecule has 0 aromatic carbocycles. The van der Waals surface area contributed by atoms with Gasteiger partial charge in [0.05, 0.1) is 12.7 Å². The number of hydrogen-bond donors (Lipinski definition) is 4. The highest BCUT2D eigenvalue weighted by Gasteiger charge is 2.15. The SMILES string of the molecule is CO[NH2+]c1cc(C(=O)O)cnc1NC/C=C/CNC(=O)OC(C)(C)C. The standard InChI is InChI=1S/C16H24N4O5/c1-16(2,3)25-15(23)18-8-6-5-7-17-13-12(20-24-4)9-11(10-19-13)14(21)22/h5-6,9-10,20H,7-8H2,1-4H3,(H,17,19)(H,18,23)(H,21,22)/p+1/b6-5+. The number of carboxylic acids is 1. The van der Waals surface area contributed by atoms with Gasteiger partial charge >= 0.3 is 12.1 Å². The number of hydrogen-bond acceptors (Lipinski definition) is 6. The van der Waals surface area contributed by atoms with Crippen LogP contribution in [0.3, 0.4) is 0 Å². The molecule has 138 valence electrons. The number of quaternary nitrogens is 1. The first kappa shape index (κ1) is 20.4. The van der Waals surface area contributed by atoms with Gasteiger partial charge in [0.2, 0.25) is 5.69 Å². The number of nitrogens with zero attached hydrogens (tertiary/aromatic N) is 1. The average molecular weight is 353 g/mol. The molecule has 1 rings (SSSR count). The lowest BCUT2D eigenvalue weighted by atomic mass is 10.2. The largest absolute Gasteiger partial charge is 0.478 e. The van der Waals surface area contributed by atoms with Crippen LogP contribution in [-0.4, -0.2) is 48.0 Å². The quantitative estimate of drug-likeness (QED) is 0.406. The molecule has 0 fully saturated rings. The molecular weight excluding hydrogens is 328 g/mol. The molecule has 0 unspecified atom stereocenters. The molecule has 9 heteroatoms. The first-order valence-electron chi connectivity index (χ1n) is 7.68. The van der Waals surface area contributed by atoms with E-state index >= 15 is 0 Å². The van der Waals surface area contributed by atoms with Gasteiger partial charge in [-0.1, -0.05) is 12.2 Å². The van der Waals surface area contributed by atoms with E-state index in [1.165, 1.54) is 24.9 Å². The monoisotopic (exact) mass is 353 g/mol. The Kier molecular flexibility index (Phi) is 7.83. The highest BCUT2D eigenvalue weighted by Crippen LogP contribution is 2.15. The number of aromatic nitrogens is 1. The van der Waals surface area contributed by atoms with Crippen molar-refractivity contribution in [2.75, 3.05) is 25.5 Å². The molecule has 0 aliphatic heterocycles. The summed E-state index contributed by atoms with van der Waals surface area (Å²) in [5, 5.41) is 14.6. The number of anilines is 1. The van der Waals surface area contributed by atoms with Gasteiger partial charge in [-0.3, -0.25) is 0 Å². The van der Waals surface area contributed by atoms with Crippen molar-refractivity contribution < 1.29 is 29.8 Å². The number of carbonyl (C=O) groups is 2. The van der Waals surface area contributed by atoms with E-state index in [-0.39, 0.29) is 5.56 Å². The van der Waals surface area contributed by atoms with Crippen molar-refractivity contribution >= 4 is 23.6 Å². The van der Waals surface area contributed by atoms with Crippen molar-refractivity contribution in [1.82, 2.24) is 10.3 Å². The van der Waals surface area contributed by atoms with Crippen LogP contribution in [-0.2, 0) is 9.57 Å². The lowest BCUT2D eigenvalue weighted by Crippen LogP contribution is -2.76. The summed E-state index contributed by atoms with van der Waals surface area (Å²) in [7, 11) is 1.47. The summed E-state index contributed by atoms with van der Waals surface area (Å²) in [6.45, 7) is 6.16. The van der Waals surface area contributed by atoms with Gasteiger partial charge in [0.15, 0.2) is 5.82 Å². The minimum atomic E-state index is -1.06. The number of rotatable bonds is 8. The van der Waals surface area contributed by atoms with Crippen LogP contribution in [0.1, 0.15) is 31.1 Å². The molecule has 1 aromatic heterocycles. The van der Waals surface area contributed by atoms with Crippen molar-refractivity contribution in [3.8, 4) is 0 Å². The average Bonchev–Trinajstić information content (AvgIpc) is 2.50. The predicted molar refractivity (Wildman–Crippen MR) is 91.7 cm³/mol. The number of carbonyl (C=O) groups excluding carboxylic acids is 1. The molecule has 0 aliphatic carbocycles. The molecule has 0 atom stereocenters. The highest BCUT2D eigenvalue weighted by atomic mass is 16.6. The van der Waals surface area contributed by atoms with E-state index in [9.17, 15) is 9.59 Å². The number of nitrogens with one attached hydrogen (secondary N) is 2. The van der Waals surface area contributed by atoms with E-state index < -0.39 is 17.7 Å². The van der Waals surface area contributed by atoms with Crippen molar-refractivity contribution in [3.63, 3.8) is 0 Å². The topological polar surface area (TPSA) is 126 Å². The molecule has 9 nitrogen and oxygen atoms in total. The molecule has 0 radical (unpaired) electrons. The summed E-state index contributed by atoms with van der Waals surface area (Å²) in [5.41, 5.74) is 1.49. The summed E-state index contributed by atoms with van der Waals surface area (Å²) in [5.74, 6) is -0.561. The van der Waals surface area contributed by atoms with Crippen LogP contribution in [0.4, 0.5) is 16.3 Å². The van der Waals surface area contributed by atoms with E-state index in [2.05, 4.69) is 15.6 Å². The van der Waals surface area contributed by atoms with E-state index in [1.807, 2.05) is 0 Å². The molecule has 5 N–H and O–H groups in total. The van der Waals surface area contributed by atoms with Gasteiger partial charge in [0.1, 0.15) is 5.60 Å². The Morgan fingerprint density at radius 2 is 2.00 bits per heavy atom. The maximum absolute atomic E-state index is 11.5. The minimum Gasteiger partial charge on any atom is -0.478 e. The maximum Gasteiger partial charge on any atom is 0.407 e. The Morgan fingerprint density at radius 1 is 1.32 bits per heavy atom. The molecule has 0 saturated carbocycles. The zero-order chi connectivity index (χ0) is 18.9. The van der Waals surface area contributed by atoms with Crippen LogP contribution in [0.25, 0.3) is 0 Å². The Balaban J connectivity index is 2.47. The Hall–Kier alpha value is -2.65. The summed E-state index contributed by atoms with van der Waals surface area (Å²) in [4.78, 5) is 31.4. The normalized spacial score (nSPS) is 11.4. The third-order valence-corrected chi connectivity index (χ3v) is 2.73. The van der Waals surface area contributed by atoms with E-state index in [1.54, 1.807) is 32.9 Å². The third-order valence-electron chi connectivity index (χ3n) is 2.73. The van der Waals surface area contributed by atoms with Gasteiger partial charge in [-0.2, -0.15) is 5.48 Å². The number of pyridine rings is 1. The molecule has 1 heterocycles. The Labute approximate surface area is 146 Å². The second-order valence-corrected chi connectivity index (χ2v) is 6.06. The lowest BCUT2D eigenvalue weighted by molar-refractivity contribution is -0.829. The fourth-order valence-corrected chi connectivity index (χ4v) is 1.74. The number of alkyl carbamates (subject to hydrolysis) is 1. The minimum absolute atomic E-state index is 0.0750. The summed E-state index contributed by atoms with van der Waals surface area (Å²) < 4.78 is 5.11. The van der Waals surface area contributed by atoms with E-state index in [0.717, 1.165) is 0 Å². The van der Waals surface area contributed by atoms with Gasteiger partial charge in [-0.15, -0.1) is 0 Å². The molecule has 0 spiro atoms. The third kappa shape index (κ3) is 8.13. The number of ether oxygens (including phenoxy) is 1. The van der Waals surface area contributed by atoms with Crippen LogP contribution in [0.15, 0.2) is 24.4 Å². The molecule has 0 bridgehead atoms. The summed E-state index contributed by atoms with van der Waals surface area (Å²) >= 11 is 0. The van der Waals surface area contributed by atoms with Crippen molar-refractivity contribution in [2.45, 2.75) is 26.4 Å². The smallest absolute Gasteiger partial charge is 0.407 e. The maximum atomic E-state index is 11.5. The molecule has 1 amide bonds. The predicted octanol–water partition coefficient (Wildman–Crippen LogP) is 1.03. The summed E-state index contributed by atoms with van der Waals surface area (Å²) in [6, 6.07) is 1.47. The highest BCUT2D eigenvalue weighted by molar-refractivity contribution is 5.88. The van der Waals surface area contributed by atoms with Crippen LogP contribution in [0, 0.1) is 0 Å². The van der Waals surface area contributed by atoms with Crippen molar-refractivity contribution in [1.29, 1.82) is 0 Å². The van der Waals surface area contributed by atoms with Gasteiger partial charge < -0.3 is 20.5 Å². The molecular formula is C16H25N4O5+. The fourth-order valence-electron chi connectivity index (χ4n) is 1.74. The second-order valence-electron chi connectivity index (χ2n) is 6.06. The van der Waals surface area contributed by atoms with Gasteiger partial charge in [-0.25, -0.2) is 19.4 Å². The summed E-state index contributed by atoms with van der Waals surface area (Å²) in [6.07, 6.45) is 4.36. The second kappa shape index (κ2) is 9.60. The van der Waals surface area contributed by atoms with Crippen molar-refractivity contribution in [3.05, 3.63) is 30.0 Å². The molecule has 0 aliphatic rings. The Morgan fingerprint density at radius 3 is 2.60 bits per heavy atom. The van der Waals surface area contributed by atoms with Crippen LogP contribution >= 0.6 is 0 Å². The number of amides is 1. The van der Waals surface area contributed by atoms with Gasteiger partial charge in [0, 0.05) is 25.4 Å². The fraction of sp³-hybridized carbons (Fsp3) is 0.438. The first-order chi connectivity index (χ1) is 11.7. The number of carboxylic acid groups (broad SMARTS) is 1. The van der Waals surface area contributed by atoms with Crippen molar-refractivity contribution in [2.24, 2.45) is 0 Å². The lowest BCUT2D eigenvalue weighted by Gasteiger charge is -2.19. The van der Waals surface area contributed by atoms with Crippen LogP contribution in [0.5, 0.6) is 0 Å². The zero-order valence-electron chi connectivity index (χ0n) is 14.8. The van der Waals surface area contributed by atoms with Gasteiger partial charge in [-0.05, 0) is 20.8 Å². The van der Waals surface area contributed by atoms with Crippen LogP contribution in [0.2, 0.25) is 0 Å². The molecule has 0 saturated heterocycles. The number of nitrogens with two attached hydrogens (primary N) is 1. The zero-order valence-corrected chi connectivity index (χ0v) is 14.8. The van der Waals surface area contributed by atoms with E-state index in [0.29, 0.717) is 24.6 Å². The number of aromatic carboxylic acids is 1. The van der Waals surface area contributed by atoms with Crippen LogP contribution < -0.4 is 16.1 Å². The molecule has 1 aromatic rings. The van der Waals surface area contributed by atoms with Gasteiger partial charge in [0.25, 0.3) is 0 Å². The Bertz CT molecular complexity index is 625. The first-order valence-corrected chi connectivity index (χ1v) is 7.68. The molecule has 25 heavy (non-hydrogen) atoms. The van der Waals surface area contributed by atoms with E-state index in [4.69, 9.17) is 14.7 Å².